The van der Waals surface area contributed by atoms with E-state index in [0.29, 0.717) is 11.6 Å². The van der Waals surface area contributed by atoms with Crippen LogP contribution in [0.25, 0.3) is 27.6 Å². The second kappa shape index (κ2) is 11.7. The summed E-state index contributed by atoms with van der Waals surface area (Å²) in [6, 6.07) is 37.6. The Labute approximate surface area is 282 Å². The molecule has 4 aromatic heterocycles. The van der Waals surface area contributed by atoms with Gasteiger partial charge in [-0.05, 0) is 65.0 Å². The van der Waals surface area contributed by atoms with Gasteiger partial charge in [0.2, 0.25) is 0 Å². The van der Waals surface area contributed by atoms with E-state index in [1.165, 1.54) is 5.56 Å². The number of rotatable bonds is 5. The first-order chi connectivity index (χ1) is 21.9. The Bertz CT molecular complexity index is 2190. The molecule has 0 saturated heterocycles. The van der Waals surface area contributed by atoms with E-state index in [1.54, 1.807) is 12.4 Å². The first-order valence-electron chi connectivity index (χ1n) is 14.9. The Morgan fingerprint density at radius 2 is 1.52 bits per heavy atom. The Morgan fingerprint density at radius 1 is 0.739 bits per heavy atom. The molecule has 0 amide bonds. The fourth-order valence-electron chi connectivity index (χ4n) is 5.84. The van der Waals surface area contributed by atoms with Crippen LogP contribution < -0.4 is 14.5 Å². The zero-order valence-corrected chi connectivity index (χ0v) is 27.7. The van der Waals surface area contributed by atoms with Crippen LogP contribution in [0.3, 0.4) is 0 Å². The third-order valence-corrected chi connectivity index (χ3v) is 8.08. The van der Waals surface area contributed by atoms with E-state index in [-0.39, 0.29) is 26.5 Å². The smallest absolute Gasteiger partial charge is 0.135 e. The summed E-state index contributed by atoms with van der Waals surface area (Å²) in [5.41, 5.74) is 7.00. The maximum atomic E-state index is 6.33. The van der Waals surface area contributed by atoms with Gasteiger partial charge >= 0.3 is 0 Å². The van der Waals surface area contributed by atoms with Gasteiger partial charge in [0, 0.05) is 68.0 Å². The van der Waals surface area contributed by atoms with Gasteiger partial charge in [-0.2, -0.15) is 23.9 Å². The van der Waals surface area contributed by atoms with Gasteiger partial charge < -0.3 is 19.1 Å². The van der Waals surface area contributed by atoms with E-state index in [2.05, 4.69) is 112 Å². The van der Waals surface area contributed by atoms with Crippen molar-refractivity contribution >= 4 is 44.6 Å². The zero-order chi connectivity index (χ0) is 30.5. The molecule has 7 aromatic rings. The van der Waals surface area contributed by atoms with Crippen LogP contribution in [0.1, 0.15) is 26.3 Å². The molecule has 0 bridgehead atoms. The van der Waals surface area contributed by atoms with E-state index in [1.807, 2.05) is 55.5 Å². The summed E-state index contributed by atoms with van der Waals surface area (Å²) in [6.07, 6.45) is 7.24. The normalized spacial score (nSPS) is 12.8. The summed E-state index contributed by atoms with van der Waals surface area (Å²) in [5, 5.41) is 2.21. The second-order valence-corrected chi connectivity index (χ2v) is 12.0. The maximum Gasteiger partial charge on any atom is 0.135 e. The van der Waals surface area contributed by atoms with Crippen molar-refractivity contribution in [2.45, 2.75) is 26.2 Å². The quantitative estimate of drug-likeness (QED) is 0.163. The predicted molar refractivity (Wildman–Crippen MR) is 179 cm³/mol. The van der Waals surface area contributed by atoms with Crippen LogP contribution in [-0.4, -0.2) is 19.5 Å². The van der Waals surface area contributed by atoms with Gasteiger partial charge in [-0.1, -0.05) is 56.6 Å². The third kappa shape index (κ3) is 5.21. The number of benzene rings is 3. The van der Waals surface area contributed by atoms with E-state index in [4.69, 9.17) is 9.72 Å². The Morgan fingerprint density at radius 3 is 2.33 bits per heavy atom. The van der Waals surface area contributed by atoms with Gasteiger partial charge in [0.15, 0.2) is 0 Å². The number of fused-ring (bicyclic) bond motifs is 4. The van der Waals surface area contributed by atoms with Gasteiger partial charge in [0.25, 0.3) is 0 Å². The van der Waals surface area contributed by atoms with Crippen LogP contribution >= 0.6 is 0 Å². The average Bonchev–Trinajstić information content (AvgIpc) is 3.61. The molecule has 3 aromatic carbocycles. The summed E-state index contributed by atoms with van der Waals surface area (Å²) in [4.78, 5) is 17.8. The number of anilines is 4. The van der Waals surface area contributed by atoms with Crippen molar-refractivity contribution in [2.24, 2.45) is 0 Å². The minimum Gasteiger partial charge on any atom is -0.503 e. The monoisotopic (exact) mass is 780 g/mol. The van der Waals surface area contributed by atoms with Gasteiger partial charge in [0.1, 0.15) is 11.7 Å². The first-order valence-corrected chi connectivity index (χ1v) is 14.9. The largest absolute Gasteiger partial charge is 0.503 e. The number of hydrogen-bond donors (Lipinski definition) is 0. The number of hydrogen-bond acceptors (Lipinski definition) is 6. The Kier molecular flexibility index (Phi) is 7.58. The number of para-hydroxylation sites is 3. The van der Waals surface area contributed by atoms with Crippen LogP contribution in [0.15, 0.2) is 116 Å². The van der Waals surface area contributed by atoms with Crippen LogP contribution in [0.4, 0.5) is 22.7 Å². The third-order valence-electron chi connectivity index (χ3n) is 8.08. The first kappa shape index (κ1) is 29.7. The Balaban J connectivity index is 0.00000338. The Hall–Kier alpha value is -5.00. The minimum absolute atomic E-state index is 0. The molecule has 0 radical (unpaired) electrons. The van der Waals surface area contributed by atoms with E-state index >= 15 is 0 Å². The van der Waals surface area contributed by atoms with E-state index in [9.17, 15) is 0 Å². The molecule has 0 spiro atoms. The van der Waals surface area contributed by atoms with Crippen LogP contribution in [0, 0.1) is 18.8 Å². The van der Waals surface area contributed by atoms with Gasteiger partial charge in [-0.3, -0.25) is 9.97 Å². The van der Waals surface area contributed by atoms with Gasteiger partial charge in [-0.25, -0.2) is 4.98 Å². The summed E-state index contributed by atoms with van der Waals surface area (Å²) in [7, 11) is 0. The van der Waals surface area contributed by atoms with Crippen molar-refractivity contribution < 1.29 is 25.8 Å². The van der Waals surface area contributed by atoms with Crippen LogP contribution in [-0.2, 0) is 26.5 Å². The molecule has 0 N–H and O–H groups in total. The van der Waals surface area contributed by atoms with Crippen molar-refractivity contribution in [3.63, 3.8) is 0 Å². The average molecular weight is 781 g/mol. The summed E-state index contributed by atoms with van der Waals surface area (Å²) >= 11 is 0. The number of nitrogens with zero attached hydrogens (tertiary/aromatic N) is 6. The predicted octanol–water partition coefficient (Wildman–Crippen LogP) is 9.07. The molecule has 0 fully saturated rings. The zero-order valence-electron chi connectivity index (χ0n) is 25.5. The maximum absolute atomic E-state index is 6.33. The van der Waals surface area contributed by atoms with Crippen LogP contribution in [0.2, 0.25) is 0 Å². The standard InChI is InChI=1S/C38H29N6O.Pt/c1-38(2,3)26-16-19-40-36(21-26)44-32-11-5-4-10-30(32)31-15-14-29(23-35(31)44)45-37-22-27(17-20-41-37)42-25-43(28-9-8-18-39-24-28)34-13-7-6-12-33(34)42;/h4-21,24-25H,1-3H3;/q-3;. The molecule has 8 rings (SSSR count). The van der Waals surface area contributed by atoms with Crippen molar-refractivity contribution in [1.29, 1.82) is 0 Å². The molecular weight excluding hydrogens is 752 g/mol. The molecule has 1 aliphatic heterocycles. The molecule has 7 nitrogen and oxygen atoms in total. The molecule has 46 heavy (non-hydrogen) atoms. The van der Waals surface area contributed by atoms with E-state index < -0.39 is 0 Å². The van der Waals surface area contributed by atoms with Crippen molar-refractivity contribution in [3.05, 3.63) is 140 Å². The number of pyridine rings is 3. The van der Waals surface area contributed by atoms with Crippen molar-refractivity contribution in [3.8, 4) is 17.4 Å². The summed E-state index contributed by atoms with van der Waals surface area (Å²) in [5.74, 6) is 1.74. The van der Waals surface area contributed by atoms with Gasteiger partial charge in [0.05, 0.1) is 0 Å². The van der Waals surface area contributed by atoms with Crippen LogP contribution in [0.5, 0.6) is 11.6 Å². The number of ether oxygens (including phenoxy) is 1. The molecule has 8 heteroatoms. The van der Waals surface area contributed by atoms with Crippen molar-refractivity contribution in [1.82, 2.24) is 19.5 Å². The molecule has 0 atom stereocenters. The topological polar surface area (TPSA) is 59.3 Å². The summed E-state index contributed by atoms with van der Waals surface area (Å²) < 4.78 is 8.49. The molecule has 0 unspecified atom stereocenters. The second-order valence-electron chi connectivity index (χ2n) is 12.0. The fraction of sp³-hybridized carbons (Fsp3) is 0.105. The fourth-order valence-corrected chi connectivity index (χ4v) is 5.84. The molecule has 1 aliphatic rings. The SMILES string of the molecule is CC(C)(C)c1ccnc(-n2c3[c-]c(Oc4[c-]c(N5[CH-]N(c6cccnc6)c6ccccc65)ccn4)ccc3c3ccccc32)c1.[Pt]. The van der Waals surface area contributed by atoms with Gasteiger partial charge in [-0.15, -0.1) is 24.2 Å². The minimum atomic E-state index is -0.0107. The van der Waals surface area contributed by atoms with E-state index in [0.717, 1.165) is 50.4 Å². The molecule has 0 saturated carbocycles. The summed E-state index contributed by atoms with van der Waals surface area (Å²) in [6.45, 7) is 8.67. The molecular formula is C38H29N6OPt-3. The molecule has 230 valence electrons. The van der Waals surface area contributed by atoms with Crippen molar-refractivity contribution in [2.75, 3.05) is 9.80 Å². The number of aromatic nitrogens is 4. The molecule has 0 aliphatic carbocycles. The molecule has 5 heterocycles.